The molecule has 5 heteroatoms. The summed E-state index contributed by atoms with van der Waals surface area (Å²) in [6.45, 7) is 0. The molecule has 2 aromatic carbocycles. The molecule has 1 aromatic heterocycles. The number of carboxylic acid groups (broad SMARTS) is 1. The maximum Gasteiger partial charge on any atom is 0.335 e. The third kappa shape index (κ3) is 2.99. The van der Waals surface area contributed by atoms with Crippen molar-refractivity contribution in [2.45, 2.75) is 0 Å². The highest BCUT2D eigenvalue weighted by Gasteiger charge is 2.14. The maximum absolute atomic E-state index is 11.0. The van der Waals surface area contributed by atoms with Crippen molar-refractivity contribution in [3.8, 4) is 23.1 Å². The third-order valence-electron chi connectivity index (χ3n) is 3.60. The number of hydrogen-bond acceptors (Lipinski definition) is 3. The van der Waals surface area contributed by atoms with E-state index in [-0.39, 0.29) is 5.56 Å². The molecule has 0 fully saturated rings. The van der Waals surface area contributed by atoms with Crippen LogP contribution >= 0.6 is 0 Å². The van der Waals surface area contributed by atoms with E-state index in [1.165, 1.54) is 12.1 Å². The number of aromatic carboxylic acids is 1. The first-order valence-electron chi connectivity index (χ1n) is 7.29. The minimum atomic E-state index is -0.967. The van der Waals surface area contributed by atoms with Crippen LogP contribution in [-0.2, 0) is 7.05 Å². The smallest absolute Gasteiger partial charge is 0.335 e. The Kier molecular flexibility index (Phi) is 4.04. The normalized spacial score (nSPS) is 10.0. The maximum atomic E-state index is 11.0. The van der Waals surface area contributed by atoms with Crippen molar-refractivity contribution in [1.82, 2.24) is 9.78 Å². The van der Waals surface area contributed by atoms with Gasteiger partial charge in [0.15, 0.2) is 0 Å². The summed E-state index contributed by atoms with van der Waals surface area (Å²) in [6.07, 6.45) is 0. The van der Waals surface area contributed by atoms with Crippen LogP contribution in [0.25, 0.3) is 11.3 Å². The molecule has 0 radical (unpaired) electrons. The van der Waals surface area contributed by atoms with Crippen molar-refractivity contribution in [2.75, 3.05) is 5.73 Å². The van der Waals surface area contributed by atoms with E-state index in [9.17, 15) is 4.79 Å². The van der Waals surface area contributed by atoms with Crippen LogP contribution in [0, 0.1) is 11.8 Å². The molecular weight excluding hydrogens is 302 g/mol. The second-order valence-electron chi connectivity index (χ2n) is 5.23. The summed E-state index contributed by atoms with van der Waals surface area (Å²) in [6, 6.07) is 16.1. The van der Waals surface area contributed by atoms with Crippen LogP contribution in [0.5, 0.6) is 0 Å². The van der Waals surface area contributed by atoms with Gasteiger partial charge in [-0.05, 0) is 24.3 Å². The van der Waals surface area contributed by atoms with Crippen LogP contribution in [0.15, 0.2) is 54.6 Å². The fourth-order valence-electron chi connectivity index (χ4n) is 2.29. The van der Waals surface area contributed by atoms with Gasteiger partial charge in [0.25, 0.3) is 0 Å². The lowest BCUT2D eigenvalue weighted by Gasteiger charge is -1.99. The number of rotatable bonds is 2. The molecule has 118 valence electrons. The highest BCUT2D eigenvalue weighted by Crippen LogP contribution is 2.26. The number of hydrogen-bond donors (Lipinski definition) is 2. The number of nitrogens with two attached hydrogens (primary N) is 1. The van der Waals surface area contributed by atoms with Gasteiger partial charge in [-0.1, -0.05) is 42.2 Å². The van der Waals surface area contributed by atoms with Gasteiger partial charge in [-0.3, -0.25) is 4.68 Å². The zero-order valence-corrected chi connectivity index (χ0v) is 13.0. The van der Waals surface area contributed by atoms with Crippen LogP contribution < -0.4 is 5.73 Å². The number of aromatic nitrogens is 2. The molecule has 5 nitrogen and oxygen atoms in total. The van der Waals surface area contributed by atoms with Gasteiger partial charge in [-0.2, -0.15) is 5.10 Å². The highest BCUT2D eigenvalue weighted by atomic mass is 16.4. The van der Waals surface area contributed by atoms with Crippen molar-refractivity contribution >= 4 is 11.8 Å². The molecule has 3 N–H and O–H groups in total. The van der Waals surface area contributed by atoms with Crippen molar-refractivity contribution in [1.29, 1.82) is 0 Å². The second-order valence-corrected chi connectivity index (χ2v) is 5.23. The predicted molar refractivity (Wildman–Crippen MR) is 92.4 cm³/mol. The van der Waals surface area contributed by atoms with Crippen molar-refractivity contribution < 1.29 is 9.90 Å². The predicted octanol–water partition coefficient (Wildman–Crippen LogP) is 2.77. The molecule has 1 heterocycles. The lowest BCUT2D eigenvalue weighted by molar-refractivity contribution is 0.0697. The SMILES string of the molecule is Cn1nc(-c2ccc(C(=O)O)cc2)c(C#Cc2ccccc2)c1N. The number of anilines is 1. The Morgan fingerprint density at radius 3 is 2.38 bits per heavy atom. The van der Waals surface area contributed by atoms with Crippen molar-refractivity contribution in [2.24, 2.45) is 7.05 Å². The standard InChI is InChI=1S/C19H15N3O2/c1-22-18(20)16(12-7-13-5-3-2-4-6-13)17(21-22)14-8-10-15(11-9-14)19(23)24/h2-6,8-11H,20H2,1H3,(H,23,24). The van der Waals surface area contributed by atoms with E-state index in [1.54, 1.807) is 23.9 Å². The van der Waals surface area contributed by atoms with E-state index < -0.39 is 5.97 Å². The molecule has 0 bridgehead atoms. The zero-order chi connectivity index (χ0) is 17.1. The van der Waals surface area contributed by atoms with E-state index in [4.69, 9.17) is 10.8 Å². The first-order chi connectivity index (χ1) is 11.6. The number of aryl methyl sites for hydroxylation is 1. The van der Waals surface area contributed by atoms with E-state index in [0.717, 1.165) is 11.1 Å². The molecule has 0 aliphatic heterocycles. The molecule has 0 unspecified atom stereocenters. The summed E-state index contributed by atoms with van der Waals surface area (Å²) in [4.78, 5) is 11.0. The van der Waals surface area contributed by atoms with Gasteiger partial charge in [-0.15, -0.1) is 0 Å². The molecule has 0 aliphatic carbocycles. The van der Waals surface area contributed by atoms with Gasteiger partial charge in [0.1, 0.15) is 11.5 Å². The molecule has 0 aliphatic rings. The number of carbonyl (C=O) groups is 1. The summed E-state index contributed by atoms with van der Waals surface area (Å²) >= 11 is 0. The lowest BCUT2D eigenvalue weighted by atomic mass is 10.1. The Hall–Kier alpha value is -3.52. The fraction of sp³-hybridized carbons (Fsp3) is 0.0526. The van der Waals surface area contributed by atoms with Crippen LogP contribution in [0.2, 0.25) is 0 Å². The summed E-state index contributed by atoms with van der Waals surface area (Å²) < 4.78 is 1.56. The van der Waals surface area contributed by atoms with Crippen LogP contribution in [0.4, 0.5) is 5.82 Å². The molecule has 0 atom stereocenters. The molecule has 0 saturated carbocycles. The summed E-state index contributed by atoms with van der Waals surface area (Å²) in [5.74, 6) is 5.66. The Morgan fingerprint density at radius 1 is 1.08 bits per heavy atom. The number of benzene rings is 2. The zero-order valence-electron chi connectivity index (χ0n) is 13.0. The quantitative estimate of drug-likeness (QED) is 0.712. The molecule has 0 amide bonds. The summed E-state index contributed by atoms with van der Waals surface area (Å²) in [5, 5.41) is 13.4. The summed E-state index contributed by atoms with van der Waals surface area (Å²) in [7, 11) is 1.75. The monoisotopic (exact) mass is 317 g/mol. The van der Waals surface area contributed by atoms with Gasteiger partial charge in [0.05, 0.1) is 11.1 Å². The Labute approximate surface area is 139 Å². The second kappa shape index (κ2) is 6.31. The fourth-order valence-corrected chi connectivity index (χ4v) is 2.29. The Balaban J connectivity index is 2.05. The van der Waals surface area contributed by atoms with E-state index in [1.807, 2.05) is 30.3 Å². The van der Waals surface area contributed by atoms with Crippen LogP contribution in [-0.4, -0.2) is 20.9 Å². The van der Waals surface area contributed by atoms with Gasteiger partial charge in [-0.25, -0.2) is 4.79 Å². The van der Waals surface area contributed by atoms with E-state index in [0.29, 0.717) is 17.1 Å². The average Bonchev–Trinajstić information content (AvgIpc) is 2.89. The Morgan fingerprint density at radius 2 is 1.75 bits per heavy atom. The molecule has 0 spiro atoms. The average molecular weight is 317 g/mol. The third-order valence-corrected chi connectivity index (χ3v) is 3.60. The van der Waals surface area contributed by atoms with Crippen LogP contribution in [0.3, 0.4) is 0 Å². The topological polar surface area (TPSA) is 81.1 Å². The van der Waals surface area contributed by atoms with E-state index in [2.05, 4.69) is 16.9 Å². The number of carboxylic acids is 1. The van der Waals surface area contributed by atoms with Crippen LogP contribution in [0.1, 0.15) is 21.5 Å². The molecule has 0 saturated heterocycles. The summed E-state index contributed by atoms with van der Waals surface area (Å²) in [5.41, 5.74) is 9.22. The first-order valence-corrected chi connectivity index (χ1v) is 7.29. The molecule has 3 rings (SSSR count). The van der Waals surface area contributed by atoms with Gasteiger partial charge < -0.3 is 10.8 Å². The first kappa shape index (κ1) is 15.4. The largest absolute Gasteiger partial charge is 0.478 e. The minimum Gasteiger partial charge on any atom is -0.478 e. The number of nitrogens with zero attached hydrogens (tertiary/aromatic N) is 2. The van der Waals surface area contributed by atoms with E-state index >= 15 is 0 Å². The lowest BCUT2D eigenvalue weighted by Crippen LogP contribution is -1.98. The van der Waals surface area contributed by atoms with Crippen molar-refractivity contribution in [3.05, 3.63) is 71.3 Å². The van der Waals surface area contributed by atoms with Gasteiger partial charge in [0.2, 0.25) is 0 Å². The number of nitrogen functional groups attached to an aromatic ring is 1. The highest BCUT2D eigenvalue weighted by molar-refractivity contribution is 5.88. The van der Waals surface area contributed by atoms with Gasteiger partial charge in [0, 0.05) is 18.2 Å². The van der Waals surface area contributed by atoms with Crippen molar-refractivity contribution in [3.63, 3.8) is 0 Å². The minimum absolute atomic E-state index is 0.222. The Bertz CT molecular complexity index is 946. The molecule has 24 heavy (non-hydrogen) atoms. The molecular formula is C19H15N3O2. The molecule has 3 aromatic rings. The van der Waals surface area contributed by atoms with Gasteiger partial charge >= 0.3 is 5.97 Å².